The summed E-state index contributed by atoms with van der Waals surface area (Å²) in [5.74, 6) is 1.92. The number of carbonyl (C=O) groups is 1. The zero-order valence-electron chi connectivity index (χ0n) is 19.6. The maximum absolute atomic E-state index is 12.7. The van der Waals surface area contributed by atoms with Crippen molar-refractivity contribution in [2.24, 2.45) is 0 Å². The van der Waals surface area contributed by atoms with Gasteiger partial charge in [-0.1, -0.05) is 18.2 Å². The van der Waals surface area contributed by atoms with Gasteiger partial charge < -0.3 is 19.1 Å². The molecule has 1 unspecified atom stereocenters. The highest BCUT2D eigenvalue weighted by Gasteiger charge is 2.41. The van der Waals surface area contributed by atoms with Gasteiger partial charge in [-0.15, -0.1) is 0 Å². The van der Waals surface area contributed by atoms with Gasteiger partial charge in [0.15, 0.2) is 5.75 Å². The van der Waals surface area contributed by atoms with E-state index in [9.17, 15) is 4.79 Å². The summed E-state index contributed by atoms with van der Waals surface area (Å²) in [7, 11) is 1.70. The largest absolute Gasteiger partial charge is 0.494 e. The average Bonchev–Trinajstić information content (AvgIpc) is 3.43. The van der Waals surface area contributed by atoms with Gasteiger partial charge in [-0.25, -0.2) is 0 Å². The van der Waals surface area contributed by atoms with Crippen molar-refractivity contribution < 1.29 is 19.0 Å². The minimum atomic E-state index is -0.234. The van der Waals surface area contributed by atoms with Crippen molar-refractivity contribution in [2.45, 2.75) is 50.2 Å². The van der Waals surface area contributed by atoms with E-state index in [0.29, 0.717) is 6.61 Å². The van der Waals surface area contributed by atoms with Crippen molar-refractivity contribution in [1.29, 1.82) is 0 Å². The molecular formula is C28H30N2O4. The lowest BCUT2D eigenvalue weighted by molar-refractivity contribution is -0.144. The molecule has 1 aromatic heterocycles. The monoisotopic (exact) mass is 458 g/mol. The molecule has 1 spiro atoms. The normalized spacial score (nSPS) is 21.3. The average molecular weight is 459 g/mol. The molecule has 34 heavy (non-hydrogen) atoms. The number of fused-ring (bicyclic) bond motifs is 2. The van der Waals surface area contributed by atoms with E-state index in [4.69, 9.17) is 14.2 Å². The van der Waals surface area contributed by atoms with Crippen LogP contribution in [-0.4, -0.2) is 54.3 Å². The quantitative estimate of drug-likeness (QED) is 0.566. The van der Waals surface area contributed by atoms with Crippen molar-refractivity contribution >= 4 is 16.8 Å². The number of piperidine rings is 1. The summed E-state index contributed by atoms with van der Waals surface area (Å²) in [6.07, 6.45) is 7.09. The summed E-state index contributed by atoms with van der Waals surface area (Å²) in [5, 5.41) is 1.07. The molecule has 6 heteroatoms. The molecule has 6 nitrogen and oxygen atoms in total. The van der Waals surface area contributed by atoms with Crippen molar-refractivity contribution in [3.8, 4) is 22.6 Å². The standard InChI is InChI=1S/C28H30N2O4/c1-32-26-22(8-6-19-4-2-14-29-25(19)26)20-7-9-23-21(18-20)10-11-28(34-23)12-15-30(16-13-28)27(31)24-5-3-17-33-24/h2,4,6-9,14,18,24H,3,5,10-13,15-17H2,1H3. The Labute approximate surface area is 199 Å². The maximum atomic E-state index is 12.7. The lowest BCUT2D eigenvalue weighted by atomic mass is 9.82. The second kappa shape index (κ2) is 8.58. The molecule has 3 aromatic rings. The smallest absolute Gasteiger partial charge is 0.251 e. The number of hydrogen-bond acceptors (Lipinski definition) is 5. The molecule has 1 atom stereocenters. The fraction of sp³-hybridized carbons (Fsp3) is 0.429. The summed E-state index contributed by atoms with van der Waals surface area (Å²) in [6.45, 7) is 2.19. The van der Waals surface area contributed by atoms with Crippen LogP contribution in [0.25, 0.3) is 22.0 Å². The van der Waals surface area contributed by atoms with E-state index in [1.165, 1.54) is 5.56 Å². The third-order valence-electron chi connectivity index (χ3n) is 7.67. The van der Waals surface area contributed by atoms with E-state index >= 15 is 0 Å². The van der Waals surface area contributed by atoms with Crippen LogP contribution < -0.4 is 9.47 Å². The fourth-order valence-corrected chi connectivity index (χ4v) is 5.70. The van der Waals surface area contributed by atoms with E-state index in [2.05, 4.69) is 41.4 Å². The summed E-state index contributed by atoms with van der Waals surface area (Å²) in [6, 6.07) is 14.6. The number of ether oxygens (including phenoxy) is 3. The molecule has 2 fully saturated rings. The highest BCUT2D eigenvalue weighted by atomic mass is 16.5. The van der Waals surface area contributed by atoms with Gasteiger partial charge >= 0.3 is 0 Å². The van der Waals surface area contributed by atoms with Crippen LogP contribution in [0.15, 0.2) is 48.7 Å². The predicted molar refractivity (Wildman–Crippen MR) is 130 cm³/mol. The number of benzene rings is 2. The SMILES string of the molecule is COc1c(-c2ccc3c(c2)CCC2(CCN(C(=O)C4CCCO4)CC2)O3)ccc2cccnc12. The van der Waals surface area contributed by atoms with Crippen LogP contribution in [0, 0.1) is 0 Å². The lowest BCUT2D eigenvalue weighted by Crippen LogP contribution is -2.52. The molecule has 0 bridgehead atoms. The first-order valence-electron chi connectivity index (χ1n) is 12.3. The van der Waals surface area contributed by atoms with Crippen LogP contribution >= 0.6 is 0 Å². The predicted octanol–water partition coefficient (Wildman–Crippen LogP) is 4.78. The van der Waals surface area contributed by atoms with Crippen LogP contribution in [0.1, 0.15) is 37.7 Å². The molecule has 1 amide bonds. The molecule has 0 N–H and O–H groups in total. The number of methoxy groups -OCH3 is 1. The molecule has 4 heterocycles. The highest BCUT2D eigenvalue weighted by molar-refractivity contribution is 5.92. The minimum absolute atomic E-state index is 0.159. The summed E-state index contributed by atoms with van der Waals surface area (Å²) in [5.41, 5.74) is 4.08. The Bertz CT molecular complexity index is 1230. The number of nitrogens with zero attached hydrogens (tertiary/aromatic N) is 2. The van der Waals surface area contributed by atoms with Gasteiger partial charge in [0.2, 0.25) is 0 Å². The summed E-state index contributed by atoms with van der Waals surface area (Å²) < 4.78 is 18.0. The third kappa shape index (κ3) is 3.70. The van der Waals surface area contributed by atoms with Crippen molar-refractivity contribution in [3.05, 3.63) is 54.2 Å². The van der Waals surface area contributed by atoms with Crippen molar-refractivity contribution in [2.75, 3.05) is 26.8 Å². The van der Waals surface area contributed by atoms with E-state index in [1.54, 1.807) is 13.3 Å². The summed E-state index contributed by atoms with van der Waals surface area (Å²) in [4.78, 5) is 19.2. The van der Waals surface area contributed by atoms with Gasteiger partial charge in [0.25, 0.3) is 5.91 Å². The number of pyridine rings is 1. The number of rotatable bonds is 3. The molecule has 176 valence electrons. The Balaban J connectivity index is 1.20. The second-order valence-corrected chi connectivity index (χ2v) is 9.66. The van der Waals surface area contributed by atoms with Crippen LogP contribution in [0.5, 0.6) is 11.5 Å². The number of hydrogen-bond donors (Lipinski definition) is 0. The maximum Gasteiger partial charge on any atom is 0.251 e. The number of carbonyl (C=O) groups excluding carboxylic acids is 1. The molecule has 3 aliphatic rings. The van der Waals surface area contributed by atoms with E-state index in [-0.39, 0.29) is 17.6 Å². The number of amides is 1. The highest BCUT2D eigenvalue weighted by Crippen LogP contribution is 2.43. The minimum Gasteiger partial charge on any atom is -0.494 e. The van der Waals surface area contributed by atoms with Crippen LogP contribution in [0.2, 0.25) is 0 Å². The lowest BCUT2D eigenvalue weighted by Gasteiger charge is -2.45. The first-order valence-corrected chi connectivity index (χ1v) is 12.3. The first-order chi connectivity index (χ1) is 16.7. The molecular weight excluding hydrogens is 428 g/mol. The molecule has 3 aliphatic heterocycles. The van der Waals surface area contributed by atoms with Crippen molar-refractivity contribution in [3.63, 3.8) is 0 Å². The molecule has 6 rings (SSSR count). The first kappa shape index (κ1) is 21.4. The zero-order valence-corrected chi connectivity index (χ0v) is 19.6. The van der Waals surface area contributed by atoms with E-state index in [0.717, 1.165) is 85.1 Å². The van der Waals surface area contributed by atoms with Gasteiger partial charge in [0.1, 0.15) is 23.0 Å². The second-order valence-electron chi connectivity index (χ2n) is 9.66. The topological polar surface area (TPSA) is 60.9 Å². The Kier molecular flexibility index (Phi) is 5.41. The Morgan fingerprint density at radius 3 is 2.82 bits per heavy atom. The molecule has 0 radical (unpaired) electrons. The van der Waals surface area contributed by atoms with Crippen LogP contribution in [0.3, 0.4) is 0 Å². The van der Waals surface area contributed by atoms with Gasteiger partial charge in [0.05, 0.1) is 7.11 Å². The van der Waals surface area contributed by atoms with Gasteiger partial charge in [-0.3, -0.25) is 9.78 Å². The van der Waals surface area contributed by atoms with Gasteiger partial charge in [-0.05, 0) is 61.1 Å². The molecule has 0 aliphatic carbocycles. The molecule has 2 saturated heterocycles. The molecule has 2 aromatic carbocycles. The van der Waals surface area contributed by atoms with E-state index < -0.39 is 0 Å². The number of likely N-dealkylation sites (tertiary alicyclic amines) is 1. The Hall–Kier alpha value is -3.12. The Morgan fingerprint density at radius 1 is 1.15 bits per heavy atom. The van der Waals surface area contributed by atoms with Crippen LogP contribution in [-0.2, 0) is 16.0 Å². The van der Waals surface area contributed by atoms with E-state index in [1.807, 2.05) is 11.0 Å². The van der Waals surface area contributed by atoms with Crippen molar-refractivity contribution in [1.82, 2.24) is 9.88 Å². The molecule has 0 saturated carbocycles. The Morgan fingerprint density at radius 2 is 2.03 bits per heavy atom. The summed E-state index contributed by atoms with van der Waals surface area (Å²) >= 11 is 0. The van der Waals surface area contributed by atoms with Crippen LogP contribution in [0.4, 0.5) is 0 Å². The third-order valence-corrected chi connectivity index (χ3v) is 7.67. The number of aryl methyl sites for hydroxylation is 1. The zero-order chi connectivity index (χ0) is 23.1. The van der Waals surface area contributed by atoms with Gasteiger partial charge in [-0.2, -0.15) is 0 Å². The van der Waals surface area contributed by atoms with Gasteiger partial charge in [0, 0.05) is 49.7 Å². The fourth-order valence-electron chi connectivity index (χ4n) is 5.70. The number of aromatic nitrogens is 1.